The maximum Gasteiger partial charge on any atom is 0.267 e. The van der Waals surface area contributed by atoms with Crippen molar-refractivity contribution in [3.05, 3.63) is 22.4 Å². The quantitative estimate of drug-likeness (QED) is 0.869. The van der Waals surface area contributed by atoms with E-state index >= 15 is 0 Å². The van der Waals surface area contributed by atoms with Crippen molar-refractivity contribution in [3.8, 4) is 0 Å². The Bertz CT molecular complexity index is 424. The van der Waals surface area contributed by atoms with Crippen LogP contribution in [0.3, 0.4) is 0 Å². The summed E-state index contributed by atoms with van der Waals surface area (Å²) in [6.07, 6.45) is 4.84. The van der Waals surface area contributed by atoms with E-state index in [1.807, 2.05) is 13.2 Å². The minimum atomic E-state index is -0.0533. The van der Waals surface area contributed by atoms with E-state index in [1.165, 1.54) is 0 Å². The van der Waals surface area contributed by atoms with Crippen molar-refractivity contribution < 1.29 is 9.90 Å². The van der Waals surface area contributed by atoms with Gasteiger partial charge in [0.15, 0.2) is 0 Å². The Labute approximate surface area is 109 Å². The molecule has 0 atom stereocenters. The number of aryl methyl sites for hydroxylation is 1. The molecule has 0 bridgehead atoms. The van der Waals surface area contributed by atoms with E-state index in [-0.39, 0.29) is 17.9 Å². The molecule has 1 aromatic rings. The van der Waals surface area contributed by atoms with Gasteiger partial charge < -0.3 is 15.0 Å². The van der Waals surface area contributed by atoms with Gasteiger partial charge in [-0.15, -0.1) is 0 Å². The second kappa shape index (κ2) is 4.82. The Kier molecular flexibility index (Phi) is 3.58. The summed E-state index contributed by atoms with van der Waals surface area (Å²) >= 11 is 3.35. The first-order valence-electron chi connectivity index (χ1n) is 5.77. The van der Waals surface area contributed by atoms with Crippen LogP contribution in [-0.2, 0) is 7.05 Å². The molecule has 2 N–H and O–H groups in total. The van der Waals surface area contributed by atoms with Gasteiger partial charge in [-0.2, -0.15) is 0 Å². The van der Waals surface area contributed by atoms with E-state index in [1.54, 1.807) is 10.6 Å². The van der Waals surface area contributed by atoms with Crippen LogP contribution in [0, 0.1) is 5.41 Å². The number of nitrogens with one attached hydrogen (secondary N) is 1. The van der Waals surface area contributed by atoms with Crippen LogP contribution in [0.5, 0.6) is 0 Å². The highest BCUT2D eigenvalue weighted by Gasteiger charge is 2.41. The Morgan fingerprint density at radius 2 is 2.35 bits per heavy atom. The topological polar surface area (TPSA) is 54.3 Å². The predicted octanol–water partition coefficient (Wildman–Crippen LogP) is 1.68. The number of amides is 1. The van der Waals surface area contributed by atoms with Gasteiger partial charge in [-0.05, 0) is 46.7 Å². The number of nitrogens with zero attached hydrogens (tertiary/aromatic N) is 1. The number of aliphatic hydroxyl groups is 1. The lowest BCUT2D eigenvalue weighted by molar-refractivity contribution is 0.0932. The zero-order valence-corrected chi connectivity index (χ0v) is 11.5. The second-order valence-electron chi connectivity index (χ2n) is 4.81. The van der Waals surface area contributed by atoms with E-state index in [9.17, 15) is 4.79 Å². The van der Waals surface area contributed by atoms with Gasteiger partial charge in [0.2, 0.25) is 0 Å². The molecule has 0 aromatic carbocycles. The molecule has 1 saturated carbocycles. The smallest absolute Gasteiger partial charge is 0.267 e. The maximum atomic E-state index is 11.9. The molecule has 0 saturated heterocycles. The molecule has 1 amide bonds. The lowest BCUT2D eigenvalue weighted by Gasteiger charge is -2.14. The van der Waals surface area contributed by atoms with E-state index in [0.29, 0.717) is 12.2 Å². The minimum Gasteiger partial charge on any atom is -0.396 e. The van der Waals surface area contributed by atoms with Gasteiger partial charge in [0, 0.05) is 30.9 Å². The van der Waals surface area contributed by atoms with Crippen molar-refractivity contribution in [2.45, 2.75) is 19.3 Å². The number of rotatable bonds is 5. The third kappa shape index (κ3) is 2.90. The average molecular weight is 301 g/mol. The molecule has 2 rings (SSSR count). The zero-order valence-electron chi connectivity index (χ0n) is 9.87. The van der Waals surface area contributed by atoms with Gasteiger partial charge >= 0.3 is 0 Å². The summed E-state index contributed by atoms with van der Waals surface area (Å²) in [5, 5.41) is 11.9. The first-order chi connectivity index (χ1) is 8.06. The Morgan fingerprint density at radius 3 is 2.82 bits per heavy atom. The molecule has 1 heterocycles. The number of carbonyl (C=O) groups excluding carboxylic acids is 1. The molecule has 17 heavy (non-hydrogen) atoms. The van der Waals surface area contributed by atoms with Gasteiger partial charge in [0.05, 0.1) is 0 Å². The van der Waals surface area contributed by atoms with Crippen LogP contribution < -0.4 is 5.32 Å². The summed E-state index contributed by atoms with van der Waals surface area (Å²) in [7, 11) is 1.85. The predicted molar refractivity (Wildman–Crippen MR) is 68.8 cm³/mol. The van der Waals surface area contributed by atoms with Crippen LogP contribution in [0.15, 0.2) is 16.7 Å². The van der Waals surface area contributed by atoms with Crippen LogP contribution >= 0.6 is 15.9 Å². The van der Waals surface area contributed by atoms with Crippen molar-refractivity contribution in [3.63, 3.8) is 0 Å². The van der Waals surface area contributed by atoms with Gasteiger partial charge in [-0.1, -0.05) is 0 Å². The van der Waals surface area contributed by atoms with Crippen LogP contribution in [0.1, 0.15) is 29.8 Å². The lowest BCUT2D eigenvalue weighted by atomic mass is 10.0. The number of halogens is 1. The van der Waals surface area contributed by atoms with Crippen LogP contribution in [0.2, 0.25) is 0 Å². The Balaban J connectivity index is 1.92. The average Bonchev–Trinajstić information content (AvgIpc) is 2.95. The molecular weight excluding hydrogens is 284 g/mol. The first-order valence-corrected chi connectivity index (χ1v) is 6.57. The van der Waals surface area contributed by atoms with Crippen LogP contribution in [0.4, 0.5) is 0 Å². The SMILES string of the molecule is Cn1cc(Br)cc1C(=O)NCC1(CCO)CC1. The van der Waals surface area contributed by atoms with Crippen LogP contribution in [-0.4, -0.2) is 28.7 Å². The first kappa shape index (κ1) is 12.6. The number of aromatic nitrogens is 1. The number of carbonyl (C=O) groups is 1. The molecule has 0 radical (unpaired) electrons. The van der Waals surface area contributed by atoms with Gasteiger partial charge in [-0.3, -0.25) is 4.79 Å². The minimum absolute atomic E-state index is 0.0533. The molecule has 0 aliphatic heterocycles. The summed E-state index contributed by atoms with van der Waals surface area (Å²) in [5.74, 6) is -0.0533. The van der Waals surface area contributed by atoms with E-state index in [4.69, 9.17) is 5.11 Å². The molecule has 1 fully saturated rings. The molecule has 0 unspecified atom stereocenters. The third-order valence-electron chi connectivity index (χ3n) is 3.43. The van der Waals surface area contributed by atoms with Gasteiger partial charge in [0.25, 0.3) is 5.91 Å². The largest absolute Gasteiger partial charge is 0.396 e. The lowest BCUT2D eigenvalue weighted by Crippen LogP contribution is -2.31. The second-order valence-corrected chi connectivity index (χ2v) is 5.73. The molecule has 4 nitrogen and oxygen atoms in total. The molecule has 1 aliphatic carbocycles. The normalized spacial score (nSPS) is 16.9. The highest BCUT2D eigenvalue weighted by Crippen LogP contribution is 2.47. The van der Waals surface area contributed by atoms with E-state index in [2.05, 4.69) is 21.2 Å². The fraction of sp³-hybridized carbons (Fsp3) is 0.583. The fourth-order valence-corrected chi connectivity index (χ4v) is 2.56. The summed E-state index contributed by atoms with van der Waals surface area (Å²) in [6, 6.07) is 1.81. The number of aliphatic hydroxyl groups excluding tert-OH is 1. The van der Waals surface area contributed by atoms with Crippen molar-refractivity contribution in [2.75, 3.05) is 13.2 Å². The van der Waals surface area contributed by atoms with E-state index in [0.717, 1.165) is 23.7 Å². The van der Waals surface area contributed by atoms with Crippen molar-refractivity contribution in [2.24, 2.45) is 12.5 Å². The highest BCUT2D eigenvalue weighted by atomic mass is 79.9. The number of hydrogen-bond acceptors (Lipinski definition) is 2. The van der Waals surface area contributed by atoms with Crippen LogP contribution in [0.25, 0.3) is 0 Å². The monoisotopic (exact) mass is 300 g/mol. The molecule has 1 aromatic heterocycles. The maximum absolute atomic E-state index is 11.9. The fourth-order valence-electron chi connectivity index (χ4n) is 2.04. The molecule has 0 spiro atoms. The summed E-state index contributed by atoms with van der Waals surface area (Å²) in [4.78, 5) is 11.9. The Morgan fingerprint density at radius 1 is 1.65 bits per heavy atom. The summed E-state index contributed by atoms with van der Waals surface area (Å²) in [5.41, 5.74) is 0.809. The van der Waals surface area contributed by atoms with E-state index < -0.39 is 0 Å². The molecule has 94 valence electrons. The zero-order chi connectivity index (χ0) is 12.5. The Hall–Kier alpha value is -0.810. The van der Waals surface area contributed by atoms with Crippen molar-refractivity contribution >= 4 is 21.8 Å². The molecule has 1 aliphatic rings. The standard InChI is InChI=1S/C12H17BrN2O2/c1-15-7-9(13)6-10(15)11(17)14-8-12(2-3-12)4-5-16/h6-7,16H,2-5,8H2,1H3,(H,14,17). The number of hydrogen-bond donors (Lipinski definition) is 2. The molecule has 5 heteroatoms. The third-order valence-corrected chi connectivity index (χ3v) is 3.86. The van der Waals surface area contributed by atoms with Crippen molar-refractivity contribution in [1.29, 1.82) is 0 Å². The summed E-state index contributed by atoms with van der Waals surface area (Å²) < 4.78 is 2.70. The summed E-state index contributed by atoms with van der Waals surface area (Å²) in [6.45, 7) is 0.862. The highest BCUT2D eigenvalue weighted by molar-refractivity contribution is 9.10. The molecular formula is C12H17BrN2O2. The van der Waals surface area contributed by atoms with Gasteiger partial charge in [-0.25, -0.2) is 0 Å². The van der Waals surface area contributed by atoms with Gasteiger partial charge in [0.1, 0.15) is 5.69 Å². The van der Waals surface area contributed by atoms with Crippen molar-refractivity contribution in [1.82, 2.24) is 9.88 Å².